The maximum absolute atomic E-state index is 14.1. The number of hydrogen-bond donors (Lipinski definition) is 6. The smallest absolute Gasteiger partial charge is 0.409 e. The van der Waals surface area contributed by atoms with Crippen LogP contribution in [0.1, 0.15) is 89.0 Å². The minimum absolute atomic E-state index is 0.0504. The van der Waals surface area contributed by atoms with E-state index in [2.05, 4.69) is 36.9 Å². The summed E-state index contributed by atoms with van der Waals surface area (Å²) in [6.07, 6.45) is 5.63. The highest BCUT2D eigenvalue weighted by atomic mass is 16.6. The third-order valence-corrected chi connectivity index (χ3v) is 14.4. The number of carbonyl (C=O) groups excluding carboxylic acids is 10. The number of Topliss-reactive ketones (excluding diaryl/α,β-unsaturated/α-hetero) is 1. The van der Waals surface area contributed by atoms with Gasteiger partial charge in [-0.3, -0.25) is 38.5 Å². The van der Waals surface area contributed by atoms with Crippen LogP contribution in [0.4, 0.5) is 20.1 Å². The average molecular weight is 1430 g/mol. The standard InChI is InChI=1S/C68H103N11O22/c1-68(2,3)101-65(88)69-25-12-11-16-57(63(86)71-54-20-18-53(19-21-54)50-99-66(89)76(4)27-28-77(5)67(90)100-51-56(81)49-80)73-64(87)58(46-52-14-8-6-9-15-52)72-60(83)24-30-91-32-34-93-36-38-95-40-42-97-44-45-98-43-41-96-39-37-94-35-33-92-31-29-78-48-55(74-75-78)47-70-59(82)17-10-7-13-26-79-61(84)22-23-62(79)85/h6,8-9,14-15,18-23,48,57-58,80H,7,10-13,16-17,24-47,49-51H2,1-5H3,(H,69,88)(H,70,82)(H,71,86)(H,72,83)(H,73,87). The number of rotatable bonds is 55. The Labute approximate surface area is 589 Å². The third kappa shape index (κ3) is 39.9. The highest BCUT2D eigenvalue weighted by Crippen LogP contribution is 2.15. The van der Waals surface area contributed by atoms with Crippen molar-refractivity contribution < 1.29 is 105 Å². The van der Waals surface area contributed by atoms with E-state index in [1.165, 1.54) is 40.9 Å². The number of anilines is 1. The number of carbonyl (C=O) groups is 10. The second kappa shape index (κ2) is 50.7. The molecule has 101 heavy (non-hydrogen) atoms. The molecule has 6 N–H and O–H groups in total. The fraction of sp³-hybridized carbons (Fsp3) is 0.618. The summed E-state index contributed by atoms with van der Waals surface area (Å²) in [4.78, 5) is 129. The van der Waals surface area contributed by atoms with E-state index in [9.17, 15) is 47.9 Å². The Morgan fingerprint density at radius 1 is 0.564 bits per heavy atom. The first-order valence-corrected chi connectivity index (χ1v) is 33.9. The minimum atomic E-state index is -1.07. The third-order valence-electron chi connectivity index (χ3n) is 14.4. The van der Waals surface area contributed by atoms with Gasteiger partial charge in [0.25, 0.3) is 11.8 Å². The molecule has 1 aromatic heterocycles. The van der Waals surface area contributed by atoms with Crippen LogP contribution in [0.2, 0.25) is 0 Å². The van der Waals surface area contributed by atoms with Crippen LogP contribution >= 0.6 is 0 Å². The largest absolute Gasteiger partial charge is 0.445 e. The van der Waals surface area contributed by atoms with E-state index >= 15 is 0 Å². The van der Waals surface area contributed by atoms with Gasteiger partial charge in [-0.05, 0) is 76.1 Å². The van der Waals surface area contributed by atoms with Crippen molar-refractivity contribution in [1.82, 2.24) is 51.0 Å². The molecule has 2 unspecified atom stereocenters. The molecule has 0 saturated carbocycles. The maximum atomic E-state index is 14.1. The number of aliphatic hydroxyl groups is 1. The first-order valence-electron chi connectivity index (χ1n) is 33.9. The molecule has 562 valence electrons. The highest BCUT2D eigenvalue weighted by molar-refractivity contribution is 6.12. The molecular weight excluding hydrogens is 1320 g/mol. The summed E-state index contributed by atoms with van der Waals surface area (Å²) in [5.74, 6) is -2.95. The molecule has 2 aromatic carbocycles. The monoisotopic (exact) mass is 1430 g/mol. The quantitative estimate of drug-likeness (QED) is 0.0269. The minimum Gasteiger partial charge on any atom is -0.445 e. The molecule has 33 heteroatoms. The predicted octanol–water partition coefficient (Wildman–Crippen LogP) is 2.65. The summed E-state index contributed by atoms with van der Waals surface area (Å²) in [6.45, 7) is 10.9. The first kappa shape index (κ1) is 84.9. The van der Waals surface area contributed by atoms with Crippen molar-refractivity contribution in [2.24, 2.45) is 0 Å². The van der Waals surface area contributed by atoms with Gasteiger partial charge in [0.2, 0.25) is 23.6 Å². The van der Waals surface area contributed by atoms with Crippen LogP contribution in [0.15, 0.2) is 72.9 Å². The van der Waals surface area contributed by atoms with E-state index in [0.29, 0.717) is 148 Å². The van der Waals surface area contributed by atoms with Crippen LogP contribution in [0.25, 0.3) is 0 Å². The van der Waals surface area contributed by atoms with E-state index in [1.54, 1.807) is 55.9 Å². The Bertz CT molecular complexity index is 2950. The Morgan fingerprint density at radius 2 is 1.12 bits per heavy atom. The lowest BCUT2D eigenvalue weighted by molar-refractivity contribution is -0.137. The van der Waals surface area contributed by atoms with Gasteiger partial charge in [0, 0.05) is 77.4 Å². The molecule has 1 aliphatic rings. The Kier molecular flexibility index (Phi) is 42.6. The molecule has 0 fully saturated rings. The highest BCUT2D eigenvalue weighted by Gasteiger charge is 2.28. The number of unbranched alkanes of at least 4 members (excludes halogenated alkanes) is 3. The van der Waals surface area contributed by atoms with E-state index in [1.807, 2.05) is 30.3 Å². The molecule has 0 spiro atoms. The van der Waals surface area contributed by atoms with Gasteiger partial charge in [-0.15, -0.1) is 5.10 Å². The van der Waals surface area contributed by atoms with Crippen LogP contribution in [0, 0.1) is 0 Å². The average Bonchev–Trinajstić information content (AvgIpc) is 1.84. The molecule has 9 amide bonds. The summed E-state index contributed by atoms with van der Waals surface area (Å²) in [5, 5.41) is 31.0. The number of aliphatic hydroxyl groups excluding tert-OH is 1. The molecular formula is C68H103N11O22. The van der Waals surface area contributed by atoms with Crippen LogP contribution in [-0.2, 0) is 112 Å². The van der Waals surface area contributed by atoms with E-state index in [-0.39, 0.29) is 89.6 Å². The lowest BCUT2D eigenvalue weighted by Crippen LogP contribution is -2.53. The number of benzene rings is 2. The lowest BCUT2D eigenvalue weighted by atomic mass is 10.0. The van der Waals surface area contributed by atoms with Crippen LogP contribution in [0.3, 0.4) is 0 Å². The summed E-state index contributed by atoms with van der Waals surface area (Å²) in [5.41, 5.74) is 1.67. The van der Waals surface area contributed by atoms with Gasteiger partial charge in [0.05, 0.1) is 125 Å². The van der Waals surface area contributed by atoms with Gasteiger partial charge in [0.15, 0.2) is 12.4 Å². The molecule has 1 aliphatic heterocycles. The zero-order valence-corrected chi connectivity index (χ0v) is 58.8. The van der Waals surface area contributed by atoms with Crippen molar-refractivity contribution in [3.63, 3.8) is 0 Å². The summed E-state index contributed by atoms with van der Waals surface area (Å²) >= 11 is 0. The molecule has 0 bridgehead atoms. The van der Waals surface area contributed by atoms with Gasteiger partial charge >= 0.3 is 18.3 Å². The normalized spacial score (nSPS) is 12.6. The number of alkyl carbamates (subject to hydrolysis) is 1. The molecule has 0 aliphatic carbocycles. The Balaban J connectivity index is 1.02. The maximum Gasteiger partial charge on any atom is 0.409 e. The molecule has 2 atom stereocenters. The number of ketones is 1. The van der Waals surface area contributed by atoms with Gasteiger partial charge < -0.3 is 93.6 Å². The molecule has 0 saturated heterocycles. The van der Waals surface area contributed by atoms with E-state index in [4.69, 9.17) is 57.2 Å². The summed E-state index contributed by atoms with van der Waals surface area (Å²) in [7, 11) is 2.91. The Morgan fingerprint density at radius 3 is 1.68 bits per heavy atom. The van der Waals surface area contributed by atoms with Crippen molar-refractivity contribution in [2.45, 2.75) is 116 Å². The molecule has 33 nitrogen and oxygen atoms in total. The number of amides is 9. The van der Waals surface area contributed by atoms with Gasteiger partial charge in [-0.2, -0.15) is 0 Å². The van der Waals surface area contributed by atoms with Gasteiger partial charge in [-0.1, -0.05) is 54.1 Å². The van der Waals surface area contributed by atoms with Crippen molar-refractivity contribution in [2.75, 3.05) is 165 Å². The van der Waals surface area contributed by atoms with E-state index < -0.39 is 72.7 Å². The predicted molar refractivity (Wildman–Crippen MR) is 363 cm³/mol. The van der Waals surface area contributed by atoms with Crippen molar-refractivity contribution in [3.8, 4) is 0 Å². The first-order chi connectivity index (χ1) is 48.7. The second-order valence-corrected chi connectivity index (χ2v) is 24.0. The Hall–Kier alpha value is -8.54. The molecule has 2 heterocycles. The van der Waals surface area contributed by atoms with Crippen LogP contribution in [0.5, 0.6) is 0 Å². The second-order valence-electron chi connectivity index (χ2n) is 24.0. The topological polar surface area (TPSA) is 393 Å². The van der Waals surface area contributed by atoms with Crippen LogP contribution in [-0.4, -0.2) is 271 Å². The zero-order valence-electron chi connectivity index (χ0n) is 58.8. The number of aromatic nitrogens is 3. The summed E-state index contributed by atoms with van der Waals surface area (Å²) < 4.78 is 61.8. The summed E-state index contributed by atoms with van der Waals surface area (Å²) in [6, 6.07) is 13.5. The van der Waals surface area contributed by atoms with E-state index in [0.717, 1.165) is 12.0 Å². The lowest BCUT2D eigenvalue weighted by Gasteiger charge is -2.24. The van der Waals surface area contributed by atoms with Crippen molar-refractivity contribution in [1.29, 1.82) is 0 Å². The molecule has 4 rings (SSSR count). The fourth-order valence-corrected chi connectivity index (χ4v) is 8.95. The number of nitrogens with one attached hydrogen (secondary N) is 5. The van der Waals surface area contributed by atoms with Crippen LogP contribution < -0.4 is 26.6 Å². The molecule has 3 aromatic rings. The number of likely N-dealkylation sites (N-methyl/N-ethyl adjacent to an activating group) is 2. The van der Waals surface area contributed by atoms with Crippen molar-refractivity contribution in [3.05, 3.63) is 89.8 Å². The van der Waals surface area contributed by atoms with Gasteiger partial charge in [0.1, 0.15) is 36.6 Å². The van der Waals surface area contributed by atoms with Crippen molar-refractivity contribution >= 4 is 65.2 Å². The molecule has 0 radical (unpaired) electrons. The fourth-order valence-electron chi connectivity index (χ4n) is 8.95. The number of nitrogens with zero attached hydrogens (tertiary/aromatic N) is 6. The van der Waals surface area contributed by atoms with Gasteiger partial charge in [-0.25, -0.2) is 19.1 Å². The number of ether oxygens (including phenoxy) is 11. The zero-order chi connectivity index (χ0) is 73.3. The number of hydrogen-bond acceptors (Lipinski definition) is 24. The SMILES string of the molecule is CN(CCN(C)C(=O)OCc1ccc(NC(=O)C(CCCCNC(=O)OC(C)(C)C)NC(=O)C(Cc2ccccc2)NC(=O)CCOCCOCCOCCOCCOCCOCCOCCOCCn2cc(CNC(=O)CCCCCN3C(=O)C=CC3=O)nn2)cc1)C(=O)OCC(=O)CO. The number of imide groups is 1.